The molecule has 1 aliphatic heterocycles. The van der Waals surface area contributed by atoms with Crippen molar-refractivity contribution in [3.63, 3.8) is 0 Å². The molecule has 1 unspecified atom stereocenters. The Morgan fingerprint density at radius 2 is 2.12 bits per heavy atom. The third-order valence-corrected chi connectivity index (χ3v) is 5.32. The summed E-state index contributed by atoms with van der Waals surface area (Å²) in [7, 11) is 0. The zero-order chi connectivity index (χ0) is 18.0. The van der Waals surface area contributed by atoms with Gasteiger partial charge in [0.25, 0.3) is 0 Å². The Kier molecular flexibility index (Phi) is 5.65. The van der Waals surface area contributed by atoms with Crippen LogP contribution in [-0.4, -0.2) is 12.4 Å². The first-order valence-electron chi connectivity index (χ1n) is 8.44. The quantitative estimate of drug-likeness (QED) is 0.578. The van der Waals surface area contributed by atoms with Crippen LogP contribution in [0.15, 0.2) is 46.9 Å². The predicted octanol–water partition coefficient (Wildman–Crippen LogP) is 5.89. The number of allylic oxidation sites excluding steroid dienone is 2. The predicted molar refractivity (Wildman–Crippen MR) is 106 cm³/mol. The molecule has 0 saturated heterocycles. The van der Waals surface area contributed by atoms with Gasteiger partial charge >= 0.3 is 0 Å². The maximum atomic E-state index is 13.2. The zero-order valence-corrected chi connectivity index (χ0v) is 16.7. The lowest BCUT2D eigenvalue weighted by Crippen LogP contribution is -2.29. The van der Waals surface area contributed by atoms with Crippen LogP contribution in [0.4, 0.5) is 0 Å². The molecular weight excluding hydrogens is 400 g/mol. The number of Topliss-reactive ketones (excluding diaryl/α,β-unsaturated/α-hetero) is 1. The molecule has 0 amide bonds. The van der Waals surface area contributed by atoms with E-state index in [2.05, 4.69) is 28.9 Å². The van der Waals surface area contributed by atoms with E-state index >= 15 is 0 Å². The Bertz CT molecular complexity index is 842. The molecule has 1 heterocycles. The number of rotatable bonds is 4. The highest BCUT2D eigenvalue weighted by atomic mass is 79.9. The highest BCUT2D eigenvalue weighted by molar-refractivity contribution is 9.10. The number of halogens is 2. The second kappa shape index (κ2) is 7.76. The van der Waals surface area contributed by atoms with Crippen molar-refractivity contribution in [1.29, 1.82) is 0 Å². The number of fused-ring (bicyclic) bond motifs is 1. The smallest absolute Gasteiger partial charge is 0.169 e. The fourth-order valence-corrected chi connectivity index (χ4v) is 3.90. The van der Waals surface area contributed by atoms with Gasteiger partial charge < -0.3 is 4.74 Å². The topological polar surface area (TPSA) is 26.3 Å². The molecule has 2 aromatic rings. The van der Waals surface area contributed by atoms with Crippen molar-refractivity contribution in [2.24, 2.45) is 5.92 Å². The first-order valence-corrected chi connectivity index (χ1v) is 9.61. The molecule has 1 aliphatic rings. The van der Waals surface area contributed by atoms with Gasteiger partial charge in [-0.1, -0.05) is 46.6 Å². The molecule has 2 nitrogen and oxygen atoms in total. The lowest BCUT2D eigenvalue weighted by atomic mass is 9.85. The van der Waals surface area contributed by atoms with E-state index in [4.69, 9.17) is 16.3 Å². The van der Waals surface area contributed by atoms with Gasteiger partial charge in [-0.25, -0.2) is 0 Å². The van der Waals surface area contributed by atoms with Gasteiger partial charge in [0.05, 0.1) is 12.5 Å². The summed E-state index contributed by atoms with van der Waals surface area (Å²) < 4.78 is 6.83. The minimum Gasteiger partial charge on any atom is -0.493 e. The monoisotopic (exact) mass is 418 g/mol. The van der Waals surface area contributed by atoms with Gasteiger partial charge in [0.1, 0.15) is 5.75 Å². The summed E-state index contributed by atoms with van der Waals surface area (Å²) in [5, 5.41) is 0.669. The molecule has 0 radical (unpaired) electrons. The molecule has 1 atom stereocenters. The Morgan fingerprint density at radius 3 is 2.84 bits per heavy atom. The van der Waals surface area contributed by atoms with E-state index in [9.17, 15) is 4.79 Å². The van der Waals surface area contributed by atoms with E-state index in [0.717, 1.165) is 38.9 Å². The van der Waals surface area contributed by atoms with Gasteiger partial charge in [-0.15, -0.1) is 0 Å². The van der Waals surface area contributed by atoms with E-state index in [-0.39, 0.29) is 11.7 Å². The van der Waals surface area contributed by atoms with Crippen molar-refractivity contribution in [2.45, 2.75) is 26.7 Å². The van der Waals surface area contributed by atoms with Crippen LogP contribution in [0.5, 0.6) is 5.75 Å². The molecular formula is C21H20BrClO2. The minimum absolute atomic E-state index is 0.130. The average Bonchev–Trinajstić information content (AvgIpc) is 2.62. The first-order chi connectivity index (χ1) is 12.0. The van der Waals surface area contributed by atoms with Crippen LogP contribution in [0.1, 0.15) is 30.5 Å². The van der Waals surface area contributed by atoms with Crippen LogP contribution >= 0.6 is 27.5 Å². The molecule has 0 spiro atoms. The van der Waals surface area contributed by atoms with E-state index in [1.807, 2.05) is 43.3 Å². The number of ketones is 1. The highest BCUT2D eigenvalue weighted by Crippen LogP contribution is 2.33. The Balaban J connectivity index is 1.89. The van der Waals surface area contributed by atoms with Crippen molar-refractivity contribution in [1.82, 2.24) is 0 Å². The summed E-state index contributed by atoms with van der Waals surface area (Å²) in [6, 6.07) is 11.7. The number of hydrogen-bond acceptors (Lipinski definition) is 2. The van der Waals surface area contributed by atoms with E-state index in [0.29, 0.717) is 18.1 Å². The summed E-state index contributed by atoms with van der Waals surface area (Å²) in [5.41, 5.74) is 3.94. The van der Waals surface area contributed by atoms with Crippen LogP contribution in [0.3, 0.4) is 0 Å². The second-order valence-corrected chi connectivity index (χ2v) is 7.54. The highest BCUT2D eigenvalue weighted by Gasteiger charge is 2.29. The maximum Gasteiger partial charge on any atom is 0.169 e. The SMILES string of the molecule is C/C=C(/C(=O)C1COc2ccc(Cl)cc2C1)c1ccc(Br)cc1CC. The van der Waals surface area contributed by atoms with Crippen molar-refractivity contribution in [3.8, 4) is 5.75 Å². The largest absolute Gasteiger partial charge is 0.493 e. The normalized spacial score (nSPS) is 17.0. The Hall–Kier alpha value is -1.58. The van der Waals surface area contributed by atoms with Crippen molar-refractivity contribution in [3.05, 3.63) is 68.7 Å². The number of carbonyl (C=O) groups excluding carboxylic acids is 1. The number of aryl methyl sites for hydroxylation is 1. The average molecular weight is 420 g/mol. The fourth-order valence-electron chi connectivity index (χ4n) is 3.30. The van der Waals surface area contributed by atoms with Gasteiger partial charge in [0, 0.05) is 15.1 Å². The lowest BCUT2D eigenvalue weighted by Gasteiger charge is -2.26. The van der Waals surface area contributed by atoms with Crippen molar-refractivity contribution < 1.29 is 9.53 Å². The molecule has 2 aromatic carbocycles. The standard InChI is InChI=1S/C21H20BrClO2/c1-3-13-10-16(22)5-7-19(13)18(4-2)21(24)15-9-14-11-17(23)6-8-20(14)25-12-15/h4-8,10-11,15H,3,9,12H2,1-2H3/b18-4+. The van der Waals surface area contributed by atoms with Gasteiger partial charge in [-0.05, 0) is 66.8 Å². The van der Waals surface area contributed by atoms with Crippen LogP contribution in [0.2, 0.25) is 5.02 Å². The van der Waals surface area contributed by atoms with Crippen molar-refractivity contribution in [2.75, 3.05) is 6.61 Å². The minimum atomic E-state index is -0.189. The summed E-state index contributed by atoms with van der Waals surface area (Å²) >= 11 is 9.60. The number of ether oxygens (including phenoxy) is 1. The summed E-state index contributed by atoms with van der Waals surface area (Å²) in [5.74, 6) is 0.768. The Labute approximate surface area is 162 Å². The molecule has 0 aromatic heterocycles. The van der Waals surface area contributed by atoms with Crippen molar-refractivity contribution >= 4 is 38.9 Å². The molecule has 0 saturated carbocycles. The van der Waals surface area contributed by atoms with Crippen LogP contribution in [0, 0.1) is 5.92 Å². The Morgan fingerprint density at radius 1 is 1.32 bits per heavy atom. The van der Waals surface area contributed by atoms with E-state index < -0.39 is 0 Å². The number of hydrogen-bond donors (Lipinski definition) is 0. The summed E-state index contributed by atoms with van der Waals surface area (Å²) in [6.07, 6.45) is 3.45. The van der Waals surface area contributed by atoms with Crippen LogP contribution in [0.25, 0.3) is 5.57 Å². The van der Waals surface area contributed by atoms with Gasteiger partial charge in [0.2, 0.25) is 0 Å². The fraction of sp³-hybridized carbons (Fsp3) is 0.286. The molecule has 0 bridgehead atoms. The van der Waals surface area contributed by atoms with Gasteiger partial charge in [0.15, 0.2) is 5.78 Å². The van der Waals surface area contributed by atoms with Crippen LogP contribution < -0.4 is 4.74 Å². The molecule has 0 N–H and O–H groups in total. The van der Waals surface area contributed by atoms with E-state index in [1.54, 1.807) is 0 Å². The van der Waals surface area contributed by atoms with E-state index in [1.165, 1.54) is 0 Å². The summed E-state index contributed by atoms with van der Waals surface area (Å²) in [4.78, 5) is 13.2. The third kappa shape index (κ3) is 3.83. The lowest BCUT2D eigenvalue weighted by molar-refractivity contribution is -0.118. The third-order valence-electron chi connectivity index (χ3n) is 4.59. The number of benzene rings is 2. The molecule has 3 rings (SSSR count). The zero-order valence-electron chi connectivity index (χ0n) is 14.3. The molecule has 130 valence electrons. The number of carbonyl (C=O) groups is 1. The first kappa shape index (κ1) is 18.2. The molecule has 4 heteroatoms. The molecule has 0 fully saturated rings. The van der Waals surface area contributed by atoms with Gasteiger partial charge in [-0.3, -0.25) is 4.79 Å². The van der Waals surface area contributed by atoms with Gasteiger partial charge in [-0.2, -0.15) is 0 Å². The molecule has 0 aliphatic carbocycles. The maximum absolute atomic E-state index is 13.2. The van der Waals surface area contributed by atoms with Crippen LogP contribution in [-0.2, 0) is 17.6 Å². The molecule has 25 heavy (non-hydrogen) atoms. The summed E-state index contributed by atoms with van der Waals surface area (Å²) in [6.45, 7) is 4.43. The second-order valence-electron chi connectivity index (χ2n) is 6.19.